The van der Waals surface area contributed by atoms with E-state index in [0.717, 1.165) is 11.3 Å². The highest BCUT2D eigenvalue weighted by molar-refractivity contribution is 5.68. The predicted molar refractivity (Wildman–Crippen MR) is 152 cm³/mol. The second-order valence-corrected chi connectivity index (χ2v) is 11.1. The molecule has 12 heteroatoms. The van der Waals surface area contributed by atoms with Crippen LogP contribution in [0, 0.1) is 17.6 Å². The van der Waals surface area contributed by atoms with Crippen molar-refractivity contribution in [2.75, 3.05) is 45.4 Å². The van der Waals surface area contributed by atoms with Crippen molar-refractivity contribution in [1.29, 1.82) is 0 Å². The summed E-state index contributed by atoms with van der Waals surface area (Å²) >= 11 is 0. The van der Waals surface area contributed by atoms with Gasteiger partial charge >= 0.3 is 6.09 Å². The molecule has 2 aliphatic heterocycles. The molecule has 0 bridgehead atoms. The first-order valence-electron chi connectivity index (χ1n) is 13.9. The van der Waals surface area contributed by atoms with Crippen LogP contribution in [0.25, 0.3) is 16.8 Å². The zero-order chi connectivity index (χ0) is 29.5. The summed E-state index contributed by atoms with van der Waals surface area (Å²) in [5.74, 6) is -0.644. The summed E-state index contributed by atoms with van der Waals surface area (Å²) in [5, 5.41) is 4.60. The molecule has 1 amide bonds. The molecular weight excluding hydrogens is 544 g/mol. The van der Waals surface area contributed by atoms with Gasteiger partial charge in [-0.25, -0.2) is 23.1 Å². The van der Waals surface area contributed by atoms with Crippen LogP contribution in [0.2, 0.25) is 0 Å². The molecule has 2 N–H and O–H groups in total. The summed E-state index contributed by atoms with van der Waals surface area (Å²) < 4.78 is 42.0. The number of halogens is 2. The molecule has 4 aromatic rings. The van der Waals surface area contributed by atoms with Gasteiger partial charge < -0.3 is 25.0 Å². The van der Waals surface area contributed by atoms with Crippen molar-refractivity contribution >= 4 is 17.3 Å². The lowest BCUT2D eigenvalue weighted by atomic mass is 9.88. The monoisotopic (exact) mass is 577 g/mol. The number of hydrogen-bond acceptors (Lipinski definition) is 8. The standard InChI is InChI=1S/C30H33F2N7O3/c1-17-13-38(14-24(33)29(17)37(2)30(40)41-3)26-6-7-34-11-19(26)10-27-35-12-21-4-5-25(36-39(21)27)28-22(31)8-18(9-23(28)32)20-15-42-16-20/h4-9,11-12,17,20,24,29H,10,13-16,33H2,1-3H3/t17-,24+,29-/m0/s1. The molecule has 6 rings (SSSR count). The van der Waals surface area contributed by atoms with Crippen molar-refractivity contribution in [3.63, 3.8) is 0 Å². The van der Waals surface area contributed by atoms with Crippen molar-refractivity contribution in [1.82, 2.24) is 24.5 Å². The van der Waals surface area contributed by atoms with Gasteiger partial charge in [0.1, 0.15) is 17.5 Å². The summed E-state index contributed by atoms with van der Waals surface area (Å²) in [6.45, 7) is 4.19. The number of carbonyl (C=O) groups is 1. The Kier molecular flexibility index (Phi) is 7.50. The van der Waals surface area contributed by atoms with E-state index in [9.17, 15) is 4.79 Å². The number of fused-ring (bicyclic) bond motifs is 1. The van der Waals surface area contributed by atoms with Crippen LogP contribution in [0.5, 0.6) is 0 Å². The largest absolute Gasteiger partial charge is 0.453 e. The number of carbonyl (C=O) groups excluding carboxylic acids is 1. The third-order valence-electron chi connectivity index (χ3n) is 8.32. The highest BCUT2D eigenvalue weighted by Gasteiger charge is 2.38. The molecule has 3 aromatic heterocycles. The number of ether oxygens (including phenoxy) is 2. The predicted octanol–water partition coefficient (Wildman–Crippen LogP) is 3.62. The van der Waals surface area contributed by atoms with Gasteiger partial charge in [-0.15, -0.1) is 0 Å². The lowest BCUT2D eigenvalue weighted by molar-refractivity contribution is 0.00822. The van der Waals surface area contributed by atoms with E-state index >= 15 is 8.78 Å². The molecule has 0 unspecified atom stereocenters. The van der Waals surface area contributed by atoms with Crippen molar-refractivity contribution in [2.45, 2.75) is 31.3 Å². The minimum Gasteiger partial charge on any atom is -0.453 e. The van der Waals surface area contributed by atoms with E-state index in [4.69, 9.17) is 15.2 Å². The molecule has 0 spiro atoms. The second-order valence-electron chi connectivity index (χ2n) is 11.1. The zero-order valence-electron chi connectivity index (χ0n) is 23.7. The van der Waals surface area contributed by atoms with Gasteiger partial charge in [0.05, 0.1) is 49.3 Å². The molecule has 2 aliphatic rings. The molecule has 10 nitrogen and oxygen atoms in total. The van der Waals surface area contributed by atoms with Crippen molar-refractivity contribution in [3.8, 4) is 11.3 Å². The number of likely N-dealkylation sites (N-methyl/N-ethyl adjacent to an activating group) is 1. The van der Waals surface area contributed by atoms with Crippen LogP contribution in [0.1, 0.15) is 29.8 Å². The van der Waals surface area contributed by atoms with E-state index in [1.165, 1.54) is 19.2 Å². The number of nitrogens with two attached hydrogens (primary N) is 1. The van der Waals surface area contributed by atoms with Crippen LogP contribution in [0.3, 0.4) is 0 Å². The summed E-state index contributed by atoms with van der Waals surface area (Å²) in [7, 11) is 3.07. The van der Waals surface area contributed by atoms with Crippen molar-refractivity contribution in [2.24, 2.45) is 11.7 Å². The van der Waals surface area contributed by atoms with Gasteiger partial charge in [0, 0.05) is 62.2 Å². The number of imidazole rings is 1. The lowest BCUT2D eigenvalue weighted by Crippen LogP contribution is -2.62. The third kappa shape index (κ3) is 5.05. The van der Waals surface area contributed by atoms with Gasteiger partial charge in [-0.05, 0) is 41.8 Å². The topological polar surface area (TPSA) is 111 Å². The molecule has 0 radical (unpaired) electrons. The Morgan fingerprint density at radius 3 is 2.60 bits per heavy atom. The maximum absolute atomic E-state index is 15.2. The Morgan fingerprint density at radius 1 is 1.17 bits per heavy atom. The molecule has 0 saturated carbocycles. The minimum absolute atomic E-state index is 0.00417. The van der Waals surface area contributed by atoms with Crippen LogP contribution < -0.4 is 10.6 Å². The number of aromatic nitrogens is 4. The number of nitrogens with zero attached hydrogens (tertiary/aromatic N) is 6. The van der Waals surface area contributed by atoms with Gasteiger partial charge in [-0.3, -0.25) is 4.98 Å². The highest BCUT2D eigenvalue weighted by Crippen LogP contribution is 2.32. The first kappa shape index (κ1) is 28.0. The Labute approximate surface area is 242 Å². The van der Waals surface area contributed by atoms with Gasteiger partial charge in [0.25, 0.3) is 0 Å². The number of piperidine rings is 1. The van der Waals surface area contributed by atoms with E-state index < -0.39 is 17.7 Å². The summed E-state index contributed by atoms with van der Waals surface area (Å²) in [4.78, 5) is 24.9. The zero-order valence-corrected chi connectivity index (χ0v) is 23.7. The smallest absolute Gasteiger partial charge is 0.409 e. The number of methoxy groups -OCH3 is 1. The number of anilines is 1. The molecule has 5 heterocycles. The summed E-state index contributed by atoms with van der Waals surface area (Å²) in [5.41, 5.74) is 9.73. The van der Waals surface area contributed by atoms with E-state index in [1.54, 1.807) is 47.2 Å². The van der Waals surface area contributed by atoms with Crippen LogP contribution in [0.15, 0.2) is 48.9 Å². The maximum Gasteiger partial charge on any atom is 0.409 e. The van der Waals surface area contributed by atoms with Crippen LogP contribution >= 0.6 is 0 Å². The molecule has 42 heavy (non-hydrogen) atoms. The average molecular weight is 578 g/mol. The van der Waals surface area contributed by atoms with E-state index in [2.05, 4.69) is 26.9 Å². The fourth-order valence-corrected chi connectivity index (χ4v) is 6.17. The van der Waals surface area contributed by atoms with E-state index in [0.29, 0.717) is 49.6 Å². The van der Waals surface area contributed by atoms with Crippen LogP contribution in [-0.4, -0.2) is 83.1 Å². The van der Waals surface area contributed by atoms with E-state index in [-0.39, 0.29) is 35.2 Å². The number of pyridine rings is 1. The Bertz CT molecular complexity index is 1590. The average Bonchev–Trinajstić information content (AvgIpc) is 3.33. The number of hydrogen-bond donors (Lipinski definition) is 1. The van der Waals surface area contributed by atoms with E-state index in [1.807, 2.05) is 6.07 Å². The minimum atomic E-state index is -0.660. The maximum atomic E-state index is 15.2. The van der Waals surface area contributed by atoms with Gasteiger partial charge in [-0.1, -0.05) is 6.92 Å². The molecule has 220 valence electrons. The summed E-state index contributed by atoms with van der Waals surface area (Å²) in [6.07, 6.45) is 5.16. The Balaban J connectivity index is 1.28. The molecular formula is C30H33F2N7O3. The summed E-state index contributed by atoms with van der Waals surface area (Å²) in [6, 6.07) is 7.55. The molecule has 0 aliphatic carbocycles. The fraction of sp³-hybridized carbons (Fsp3) is 0.400. The third-order valence-corrected chi connectivity index (χ3v) is 8.32. The molecule has 1 aromatic carbocycles. The van der Waals surface area contributed by atoms with Crippen LogP contribution in [0.4, 0.5) is 19.3 Å². The highest BCUT2D eigenvalue weighted by atomic mass is 19.1. The van der Waals surface area contributed by atoms with Gasteiger partial charge in [0.2, 0.25) is 0 Å². The normalized spacial score (nSPS) is 20.9. The van der Waals surface area contributed by atoms with Gasteiger partial charge in [-0.2, -0.15) is 5.10 Å². The Morgan fingerprint density at radius 2 is 1.93 bits per heavy atom. The first-order chi connectivity index (χ1) is 20.2. The lowest BCUT2D eigenvalue weighted by Gasteiger charge is -2.45. The molecule has 3 atom stereocenters. The molecule has 2 saturated heterocycles. The second kappa shape index (κ2) is 11.3. The quantitative estimate of drug-likeness (QED) is 0.370. The Hall–Kier alpha value is -4.16. The number of benzene rings is 1. The van der Waals surface area contributed by atoms with Crippen LogP contribution in [-0.2, 0) is 15.9 Å². The number of amides is 1. The first-order valence-corrected chi connectivity index (χ1v) is 13.9. The van der Waals surface area contributed by atoms with Crippen molar-refractivity contribution in [3.05, 3.63) is 77.5 Å². The van der Waals surface area contributed by atoms with Gasteiger partial charge in [0.15, 0.2) is 0 Å². The fourth-order valence-electron chi connectivity index (χ4n) is 6.17. The number of rotatable bonds is 6. The molecule has 2 fully saturated rings. The SMILES string of the molecule is COC(=O)N(C)[C@@H]1[C@H](N)CN(c2ccncc2Cc2ncc3ccc(-c4c(F)cc(C5COC5)cc4F)nn23)C[C@@H]1C. The van der Waals surface area contributed by atoms with Crippen molar-refractivity contribution < 1.29 is 23.0 Å².